The molecule has 4 heteroatoms. The molecule has 0 amide bonds. The second kappa shape index (κ2) is 12.9. The summed E-state index contributed by atoms with van der Waals surface area (Å²) in [5, 5.41) is 20.7. The van der Waals surface area contributed by atoms with Gasteiger partial charge in [0.2, 0.25) is 0 Å². The summed E-state index contributed by atoms with van der Waals surface area (Å²) in [4.78, 5) is 4.05. The largest absolute Gasteiger partial charge is 0.399 e. The zero-order valence-electron chi connectivity index (χ0n) is 25.7. The molecule has 224 valence electrons. The van der Waals surface area contributed by atoms with E-state index < -0.39 is 0 Å². The van der Waals surface area contributed by atoms with E-state index in [-0.39, 0.29) is 11.4 Å². The summed E-state index contributed by atoms with van der Waals surface area (Å²) in [6.45, 7) is 0. The number of rotatable bonds is 4. The first-order chi connectivity index (χ1) is 23.1. The van der Waals surface area contributed by atoms with Gasteiger partial charge < -0.3 is 5.73 Å². The molecule has 7 aromatic rings. The lowest BCUT2D eigenvalue weighted by Crippen LogP contribution is -2.09. The minimum Gasteiger partial charge on any atom is -0.399 e. The molecule has 8 rings (SSSR count). The molecule has 1 aromatic heterocycles. The van der Waals surface area contributed by atoms with Gasteiger partial charge in [0, 0.05) is 23.6 Å². The normalized spacial score (nSPS) is 12.5. The van der Waals surface area contributed by atoms with E-state index in [9.17, 15) is 0 Å². The predicted octanol–water partition coefficient (Wildman–Crippen LogP) is 10.7. The third-order valence-corrected chi connectivity index (χ3v) is 8.40. The molecule has 0 fully saturated rings. The lowest BCUT2D eigenvalue weighted by Gasteiger charge is -2.18. The number of aromatic nitrogens is 1. The van der Waals surface area contributed by atoms with E-state index in [2.05, 4.69) is 108 Å². The Labute approximate surface area is 274 Å². The number of hydrogen-bond donors (Lipinski definition) is 3. The number of benzene rings is 6. The highest BCUT2D eigenvalue weighted by Gasteiger charge is 2.16. The minimum atomic E-state index is 0.245. The third kappa shape index (κ3) is 6.00. The molecule has 0 saturated carbocycles. The van der Waals surface area contributed by atoms with E-state index in [0.717, 1.165) is 28.0 Å². The van der Waals surface area contributed by atoms with Crippen molar-refractivity contribution in [3.63, 3.8) is 0 Å². The highest BCUT2D eigenvalue weighted by atomic mass is 14.6. The van der Waals surface area contributed by atoms with Crippen LogP contribution in [0.1, 0.15) is 5.56 Å². The van der Waals surface area contributed by atoms with E-state index in [0.29, 0.717) is 0 Å². The summed E-state index contributed by atoms with van der Waals surface area (Å²) in [5.41, 5.74) is 16.0. The Morgan fingerprint density at radius 3 is 1.53 bits per heavy atom. The first-order valence-corrected chi connectivity index (χ1v) is 15.5. The molecule has 0 bridgehead atoms. The van der Waals surface area contributed by atoms with Gasteiger partial charge in [-0.05, 0) is 90.8 Å². The summed E-state index contributed by atoms with van der Waals surface area (Å²) in [7, 11) is 0. The highest BCUT2D eigenvalue weighted by Crippen LogP contribution is 2.43. The summed E-state index contributed by atoms with van der Waals surface area (Å²) < 4.78 is 0. The molecule has 0 unspecified atom stereocenters. The average molecular weight is 605 g/mol. The van der Waals surface area contributed by atoms with Crippen molar-refractivity contribution in [3.8, 4) is 33.4 Å². The second-order valence-corrected chi connectivity index (χ2v) is 11.4. The van der Waals surface area contributed by atoms with Gasteiger partial charge in [0.25, 0.3) is 0 Å². The molecule has 1 heterocycles. The van der Waals surface area contributed by atoms with Crippen LogP contribution in [-0.2, 0) is 0 Å². The average Bonchev–Trinajstić information content (AvgIpc) is 3.13. The van der Waals surface area contributed by atoms with Gasteiger partial charge >= 0.3 is 0 Å². The summed E-state index contributed by atoms with van der Waals surface area (Å²) >= 11 is 0. The highest BCUT2D eigenvalue weighted by molar-refractivity contribution is 6.50. The number of nitrogens with zero attached hydrogens (tertiary/aromatic N) is 1. The van der Waals surface area contributed by atoms with E-state index in [1.54, 1.807) is 18.3 Å². The van der Waals surface area contributed by atoms with Crippen molar-refractivity contribution < 1.29 is 0 Å². The maximum atomic E-state index is 7.97. The maximum Gasteiger partial charge on any atom is 0.0795 e. The standard InChI is InChI=1S/C32H22N2.C11H10N2/c33-29-19-18-24(20-30(29)34)21-14-16-23(17-15-21)32-27-12-6-4-10-25(27)31(22-8-2-1-3-9-22)26-11-5-7-13-28(26)32;12-11-5-1-3-9(7-11)10-4-2-6-13-8-10/h1-20,33-34H;1-8H,12H2. The number of hydrogen-bond acceptors (Lipinski definition) is 4. The number of pyridine rings is 1. The minimum absolute atomic E-state index is 0.245. The Kier molecular flexibility index (Phi) is 8.06. The Balaban J connectivity index is 0.000000226. The van der Waals surface area contributed by atoms with Gasteiger partial charge in [-0.15, -0.1) is 0 Å². The fourth-order valence-electron chi connectivity index (χ4n) is 6.16. The summed E-state index contributed by atoms with van der Waals surface area (Å²) in [6.07, 6.45) is 8.95. The molecular weight excluding hydrogens is 573 g/mol. The number of allylic oxidation sites excluding steroid dienone is 4. The smallest absolute Gasteiger partial charge is 0.0795 e. The van der Waals surface area contributed by atoms with Crippen molar-refractivity contribution in [2.45, 2.75) is 0 Å². The molecule has 47 heavy (non-hydrogen) atoms. The third-order valence-electron chi connectivity index (χ3n) is 8.40. The Bertz CT molecular complexity index is 2260. The van der Waals surface area contributed by atoms with Crippen LogP contribution in [0, 0.1) is 10.8 Å². The van der Waals surface area contributed by atoms with Crippen molar-refractivity contribution in [1.29, 1.82) is 10.8 Å². The first kappa shape index (κ1) is 29.3. The van der Waals surface area contributed by atoms with E-state index >= 15 is 0 Å². The van der Waals surface area contributed by atoms with Crippen molar-refractivity contribution >= 4 is 44.2 Å². The molecule has 0 radical (unpaired) electrons. The topological polar surface area (TPSA) is 86.6 Å². The molecular formula is C43H32N4. The molecule has 0 atom stereocenters. The van der Waals surface area contributed by atoms with E-state index in [1.807, 2.05) is 48.7 Å². The van der Waals surface area contributed by atoms with Crippen LogP contribution in [0.25, 0.3) is 60.5 Å². The molecule has 1 aliphatic rings. The number of nitrogens with two attached hydrogens (primary N) is 1. The van der Waals surface area contributed by atoms with Crippen LogP contribution in [0.15, 0.2) is 170 Å². The van der Waals surface area contributed by atoms with Crippen molar-refractivity contribution in [3.05, 3.63) is 176 Å². The van der Waals surface area contributed by atoms with Crippen LogP contribution in [0.5, 0.6) is 0 Å². The first-order valence-electron chi connectivity index (χ1n) is 15.5. The summed E-state index contributed by atoms with van der Waals surface area (Å²) in [6, 6.07) is 48.2. The number of anilines is 1. The molecule has 4 nitrogen and oxygen atoms in total. The van der Waals surface area contributed by atoms with Crippen LogP contribution in [-0.4, -0.2) is 16.4 Å². The van der Waals surface area contributed by atoms with Crippen LogP contribution in [0.2, 0.25) is 0 Å². The number of nitrogens with one attached hydrogen (secondary N) is 2. The Morgan fingerprint density at radius 1 is 0.447 bits per heavy atom. The van der Waals surface area contributed by atoms with E-state index in [1.165, 1.54) is 43.8 Å². The van der Waals surface area contributed by atoms with Crippen LogP contribution in [0.3, 0.4) is 0 Å². The number of nitrogen functional groups attached to an aromatic ring is 1. The van der Waals surface area contributed by atoms with Gasteiger partial charge in [-0.25, -0.2) is 0 Å². The predicted molar refractivity (Wildman–Crippen MR) is 199 cm³/mol. The zero-order chi connectivity index (χ0) is 32.2. The van der Waals surface area contributed by atoms with Gasteiger partial charge in [-0.2, -0.15) is 0 Å². The monoisotopic (exact) mass is 604 g/mol. The SMILES string of the molecule is N=C1C=CC(c2ccc(-c3c4ccccc4c(-c4ccccc4)c4ccccc34)cc2)=CC1=N.Nc1cccc(-c2cccnc2)c1. The fraction of sp³-hybridized carbons (Fsp3) is 0. The number of fused-ring (bicyclic) bond motifs is 2. The van der Waals surface area contributed by atoms with Gasteiger partial charge in [0.15, 0.2) is 0 Å². The van der Waals surface area contributed by atoms with Gasteiger partial charge in [-0.3, -0.25) is 15.8 Å². The fourth-order valence-corrected chi connectivity index (χ4v) is 6.16. The van der Waals surface area contributed by atoms with E-state index in [4.69, 9.17) is 16.6 Å². The van der Waals surface area contributed by atoms with Crippen LogP contribution < -0.4 is 5.73 Å². The van der Waals surface area contributed by atoms with Crippen molar-refractivity contribution in [2.24, 2.45) is 0 Å². The molecule has 0 spiro atoms. The molecule has 6 aromatic carbocycles. The Hall–Kier alpha value is -6.39. The lowest BCUT2D eigenvalue weighted by atomic mass is 9.85. The molecule has 0 saturated heterocycles. The maximum absolute atomic E-state index is 7.97. The Morgan fingerprint density at radius 2 is 0.979 bits per heavy atom. The molecule has 4 N–H and O–H groups in total. The molecule has 0 aliphatic heterocycles. The van der Waals surface area contributed by atoms with Crippen molar-refractivity contribution in [2.75, 3.05) is 5.73 Å². The van der Waals surface area contributed by atoms with Crippen molar-refractivity contribution in [1.82, 2.24) is 4.98 Å². The van der Waals surface area contributed by atoms with Crippen LogP contribution in [0.4, 0.5) is 5.69 Å². The van der Waals surface area contributed by atoms with Gasteiger partial charge in [0.1, 0.15) is 0 Å². The molecule has 1 aliphatic carbocycles. The van der Waals surface area contributed by atoms with Gasteiger partial charge in [0.05, 0.1) is 11.4 Å². The van der Waals surface area contributed by atoms with Gasteiger partial charge in [-0.1, -0.05) is 127 Å². The van der Waals surface area contributed by atoms with Crippen LogP contribution >= 0.6 is 0 Å². The lowest BCUT2D eigenvalue weighted by molar-refractivity contribution is 1.33. The second-order valence-electron chi connectivity index (χ2n) is 11.4. The quantitative estimate of drug-likeness (QED) is 0.106. The zero-order valence-corrected chi connectivity index (χ0v) is 25.7. The summed E-state index contributed by atoms with van der Waals surface area (Å²) in [5.74, 6) is 0.